The summed E-state index contributed by atoms with van der Waals surface area (Å²) in [6.07, 6.45) is 2.69. The van der Waals surface area contributed by atoms with Gasteiger partial charge in [0.25, 0.3) is 5.91 Å². The molecule has 1 atom stereocenters. The molecule has 0 aliphatic heterocycles. The van der Waals surface area contributed by atoms with Gasteiger partial charge in [-0.3, -0.25) is 4.79 Å². The van der Waals surface area contributed by atoms with Crippen LogP contribution in [0.3, 0.4) is 0 Å². The van der Waals surface area contributed by atoms with Gasteiger partial charge >= 0.3 is 0 Å². The van der Waals surface area contributed by atoms with E-state index in [2.05, 4.69) is 10.0 Å². The van der Waals surface area contributed by atoms with Gasteiger partial charge < -0.3 is 10.1 Å². The summed E-state index contributed by atoms with van der Waals surface area (Å²) in [7, 11) is -3.62. The van der Waals surface area contributed by atoms with E-state index in [1.165, 1.54) is 18.2 Å². The molecule has 0 aliphatic carbocycles. The third kappa shape index (κ3) is 6.92. The van der Waals surface area contributed by atoms with Gasteiger partial charge in [-0.05, 0) is 55.5 Å². The highest BCUT2D eigenvalue weighted by Crippen LogP contribution is 2.27. The highest BCUT2D eigenvalue weighted by Gasteiger charge is 2.16. The van der Waals surface area contributed by atoms with Crippen LogP contribution in [-0.4, -0.2) is 33.7 Å². The molecule has 0 radical (unpaired) electrons. The molecule has 1 amide bonds. The first-order chi connectivity index (χ1) is 13.8. The third-order valence-corrected chi connectivity index (χ3v) is 6.61. The van der Waals surface area contributed by atoms with Crippen LogP contribution < -0.4 is 14.8 Å². The zero-order valence-electron chi connectivity index (χ0n) is 16.6. The number of thioether (sulfide) groups is 1. The molecular formula is C20H25ClN2O4S2. The molecule has 2 N–H and O–H groups in total. The Balaban J connectivity index is 1.94. The van der Waals surface area contributed by atoms with Crippen LogP contribution >= 0.6 is 23.4 Å². The highest BCUT2D eigenvalue weighted by molar-refractivity contribution is 7.98. The molecule has 2 aromatic carbocycles. The molecule has 29 heavy (non-hydrogen) atoms. The van der Waals surface area contributed by atoms with Crippen LogP contribution in [0.25, 0.3) is 0 Å². The van der Waals surface area contributed by atoms with Crippen molar-refractivity contribution in [1.82, 2.24) is 10.0 Å². The summed E-state index contributed by atoms with van der Waals surface area (Å²) < 4.78 is 32.2. The van der Waals surface area contributed by atoms with Crippen molar-refractivity contribution >= 4 is 39.3 Å². The largest absolute Gasteiger partial charge is 0.482 e. The number of hydrogen-bond acceptors (Lipinski definition) is 5. The second kappa shape index (κ2) is 10.9. The van der Waals surface area contributed by atoms with Crippen molar-refractivity contribution in [2.75, 3.05) is 19.4 Å². The van der Waals surface area contributed by atoms with Gasteiger partial charge in [-0.2, -0.15) is 0 Å². The van der Waals surface area contributed by atoms with Gasteiger partial charge in [-0.25, -0.2) is 13.1 Å². The highest BCUT2D eigenvalue weighted by atomic mass is 35.5. The number of carbonyl (C=O) groups is 1. The minimum absolute atomic E-state index is 0.0510. The van der Waals surface area contributed by atoms with E-state index < -0.39 is 10.0 Å². The predicted molar refractivity (Wildman–Crippen MR) is 117 cm³/mol. The van der Waals surface area contributed by atoms with Gasteiger partial charge in [0.05, 0.1) is 16.0 Å². The van der Waals surface area contributed by atoms with E-state index in [0.717, 1.165) is 10.5 Å². The number of carbonyl (C=O) groups excluding carboxylic acids is 1. The van der Waals surface area contributed by atoms with E-state index in [1.807, 2.05) is 44.4 Å². The molecule has 0 fully saturated rings. The standard InChI is InChI=1S/C20H25ClN2O4S2/c1-4-11-22-29(25,26)17-9-10-19(18(21)12-17)27-13-20(24)23-14(2)15-5-7-16(28-3)8-6-15/h5-10,12,14,22H,4,11,13H2,1-3H3,(H,23,24). The summed E-state index contributed by atoms with van der Waals surface area (Å²) in [4.78, 5) is 13.4. The second-order valence-corrected chi connectivity index (χ2v) is 9.39. The molecule has 2 rings (SSSR count). The monoisotopic (exact) mass is 456 g/mol. The number of halogens is 1. The first-order valence-electron chi connectivity index (χ1n) is 9.12. The molecule has 0 spiro atoms. The minimum Gasteiger partial charge on any atom is -0.482 e. The average Bonchev–Trinajstić information content (AvgIpc) is 2.71. The topological polar surface area (TPSA) is 84.5 Å². The Bertz CT molecular complexity index is 934. The number of benzene rings is 2. The fraction of sp³-hybridized carbons (Fsp3) is 0.350. The Morgan fingerprint density at radius 1 is 1.21 bits per heavy atom. The van der Waals surface area contributed by atoms with E-state index in [1.54, 1.807) is 11.8 Å². The Hall–Kier alpha value is -1.74. The van der Waals surface area contributed by atoms with Crippen LogP contribution in [0.5, 0.6) is 5.75 Å². The van der Waals surface area contributed by atoms with Crippen LogP contribution in [0, 0.1) is 0 Å². The van der Waals surface area contributed by atoms with Crippen LogP contribution in [0.1, 0.15) is 31.9 Å². The normalized spacial score (nSPS) is 12.4. The summed E-state index contributed by atoms with van der Waals surface area (Å²) >= 11 is 7.79. The van der Waals surface area contributed by atoms with Crippen molar-refractivity contribution in [3.8, 4) is 5.75 Å². The van der Waals surface area contributed by atoms with Crippen molar-refractivity contribution in [2.45, 2.75) is 36.1 Å². The molecule has 1 unspecified atom stereocenters. The quantitative estimate of drug-likeness (QED) is 0.528. The molecule has 0 bridgehead atoms. The zero-order valence-corrected chi connectivity index (χ0v) is 19.0. The van der Waals surface area contributed by atoms with Gasteiger partial charge in [0, 0.05) is 11.4 Å². The van der Waals surface area contributed by atoms with E-state index in [0.29, 0.717) is 13.0 Å². The lowest BCUT2D eigenvalue weighted by atomic mass is 10.1. The van der Waals surface area contributed by atoms with Gasteiger partial charge in [0.15, 0.2) is 6.61 Å². The second-order valence-electron chi connectivity index (χ2n) is 6.34. The maximum atomic E-state index is 12.2. The van der Waals surface area contributed by atoms with Crippen LogP contribution in [0.2, 0.25) is 5.02 Å². The molecule has 6 nitrogen and oxygen atoms in total. The average molecular weight is 457 g/mol. The lowest BCUT2D eigenvalue weighted by Gasteiger charge is -2.15. The Labute approximate surface area is 181 Å². The molecule has 0 saturated carbocycles. The molecule has 0 aliphatic rings. The smallest absolute Gasteiger partial charge is 0.258 e. The number of hydrogen-bond donors (Lipinski definition) is 2. The number of rotatable bonds is 10. The SMILES string of the molecule is CCCNS(=O)(=O)c1ccc(OCC(=O)NC(C)c2ccc(SC)cc2)c(Cl)c1. The summed E-state index contributed by atoms with van der Waals surface area (Å²) in [6, 6.07) is 11.9. The van der Waals surface area contributed by atoms with Crippen molar-refractivity contribution in [2.24, 2.45) is 0 Å². The van der Waals surface area contributed by atoms with Gasteiger partial charge in [-0.15, -0.1) is 11.8 Å². The maximum Gasteiger partial charge on any atom is 0.258 e. The van der Waals surface area contributed by atoms with Gasteiger partial charge in [0.2, 0.25) is 10.0 Å². The van der Waals surface area contributed by atoms with Crippen LogP contribution in [0.15, 0.2) is 52.3 Å². The Morgan fingerprint density at radius 3 is 2.48 bits per heavy atom. The summed E-state index contributed by atoms with van der Waals surface area (Å²) in [6.45, 7) is 3.88. The number of ether oxygens (including phenoxy) is 1. The zero-order chi connectivity index (χ0) is 21.4. The Morgan fingerprint density at radius 2 is 1.90 bits per heavy atom. The van der Waals surface area contributed by atoms with Crippen molar-refractivity contribution in [1.29, 1.82) is 0 Å². The molecule has 0 heterocycles. The van der Waals surface area contributed by atoms with Crippen molar-refractivity contribution < 1.29 is 17.9 Å². The molecular weight excluding hydrogens is 432 g/mol. The summed E-state index contributed by atoms with van der Waals surface area (Å²) in [5.41, 5.74) is 0.989. The maximum absolute atomic E-state index is 12.2. The number of amides is 1. The molecule has 158 valence electrons. The van der Waals surface area contributed by atoms with E-state index in [-0.39, 0.29) is 34.2 Å². The van der Waals surface area contributed by atoms with E-state index in [4.69, 9.17) is 16.3 Å². The molecule has 0 aromatic heterocycles. The first-order valence-corrected chi connectivity index (χ1v) is 12.2. The third-order valence-electron chi connectivity index (χ3n) is 4.11. The Kier molecular flexibility index (Phi) is 8.82. The van der Waals surface area contributed by atoms with E-state index in [9.17, 15) is 13.2 Å². The van der Waals surface area contributed by atoms with Crippen LogP contribution in [-0.2, 0) is 14.8 Å². The van der Waals surface area contributed by atoms with Crippen molar-refractivity contribution in [3.63, 3.8) is 0 Å². The lowest BCUT2D eigenvalue weighted by Crippen LogP contribution is -2.31. The lowest BCUT2D eigenvalue weighted by molar-refractivity contribution is -0.123. The minimum atomic E-state index is -3.62. The van der Waals surface area contributed by atoms with Gasteiger partial charge in [-0.1, -0.05) is 30.7 Å². The van der Waals surface area contributed by atoms with Gasteiger partial charge in [0.1, 0.15) is 5.75 Å². The fourth-order valence-corrected chi connectivity index (χ4v) is 4.36. The number of nitrogens with one attached hydrogen (secondary N) is 2. The number of sulfonamides is 1. The predicted octanol–water partition coefficient (Wildman–Crippen LogP) is 4.01. The molecule has 2 aromatic rings. The fourth-order valence-electron chi connectivity index (χ4n) is 2.49. The first kappa shape index (κ1) is 23.5. The van der Waals surface area contributed by atoms with Crippen LogP contribution in [0.4, 0.5) is 0 Å². The van der Waals surface area contributed by atoms with Crippen molar-refractivity contribution in [3.05, 3.63) is 53.1 Å². The van der Waals surface area contributed by atoms with E-state index >= 15 is 0 Å². The molecule has 0 saturated heterocycles. The summed E-state index contributed by atoms with van der Waals surface area (Å²) in [5, 5.41) is 2.99. The summed E-state index contributed by atoms with van der Waals surface area (Å²) in [5.74, 6) is -0.0583. The molecule has 9 heteroatoms.